The second kappa shape index (κ2) is 6.14. The lowest BCUT2D eigenvalue weighted by molar-refractivity contribution is -0.126. The molecule has 6 heteroatoms. The molecule has 1 fully saturated rings. The second-order valence-electron chi connectivity index (χ2n) is 5.12. The van der Waals surface area contributed by atoms with Crippen LogP contribution in [-0.4, -0.2) is 22.0 Å². The predicted molar refractivity (Wildman–Crippen MR) is 72.0 cm³/mol. The molecule has 0 saturated heterocycles. The Morgan fingerprint density at radius 2 is 2.32 bits per heavy atom. The van der Waals surface area contributed by atoms with Gasteiger partial charge in [-0.3, -0.25) is 4.79 Å². The lowest BCUT2D eigenvalue weighted by Gasteiger charge is -2.25. The van der Waals surface area contributed by atoms with Crippen molar-refractivity contribution in [3.05, 3.63) is 16.1 Å². The minimum atomic E-state index is -1.03. The van der Waals surface area contributed by atoms with E-state index in [4.69, 9.17) is 5.11 Å². The first-order valence-electron chi connectivity index (χ1n) is 6.51. The van der Waals surface area contributed by atoms with E-state index < -0.39 is 5.97 Å². The lowest BCUT2D eigenvalue weighted by Crippen LogP contribution is -2.33. The molecule has 0 bridgehead atoms. The van der Waals surface area contributed by atoms with Crippen LogP contribution in [-0.2, 0) is 11.3 Å². The van der Waals surface area contributed by atoms with E-state index in [1.54, 1.807) is 0 Å². The molecule has 1 aromatic heterocycles. The molecule has 2 N–H and O–H groups in total. The van der Waals surface area contributed by atoms with Gasteiger partial charge in [-0.05, 0) is 18.8 Å². The fourth-order valence-electron chi connectivity index (χ4n) is 2.47. The zero-order valence-corrected chi connectivity index (χ0v) is 11.7. The van der Waals surface area contributed by atoms with Crippen LogP contribution < -0.4 is 5.32 Å². The van der Waals surface area contributed by atoms with Crippen LogP contribution in [0, 0.1) is 11.8 Å². The Balaban J connectivity index is 1.84. The van der Waals surface area contributed by atoms with Gasteiger partial charge in [-0.15, -0.1) is 11.3 Å². The average Bonchev–Trinajstić information content (AvgIpc) is 2.85. The summed E-state index contributed by atoms with van der Waals surface area (Å²) in [5.41, 5.74) is 0.0422. The zero-order valence-electron chi connectivity index (χ0n) is 10.9. The number of hydrogen-bond acceptors (Lipinski definition) is 4. The van der Waals surface area contributed by atoms with Crippen LogP contribution in [0.5, 0.6) is 0 Å². The maximum absolute atomic E-state index is 12.0. The van der Waals surface area contributed by atoms with Gasteiger partial charge in [0.25, 0.3) is 0 Å². The Kier molecular flexibility index (Phi) is 4.52. The molecular formula is C13H18N2O3S. The molecule has 1 aromatic rings. The molecular weight excluding hydrogens is 264 g/mol. The van der Waals surface area contributed by atoms with E-state index >= 15 is 0 Å². The topological polar surface area (TPSA) is 79.3 Å². The monoisotopic (exact) mass is 282 g/mol. The van der Waals surface area contributed by atoms with Crippen LogP contribution in [0.4, 0.5) is 0 Å². The summed E-state index contributed by atoms with van der Waals surface area (Å²) in [5.74, 6) is -0.251. The Labute approximate surface area is 116 Å². The van der Waals surface area contributed by atoms with Gasteiger partial charge < -0.3 is 10.4 Å². The number of carboxylic acids is 1. The van der Waals surface area contributed by atoms with Gasteiger partial charge in [0.2, 0.25) is 5.91 Å². The van der Waals surface area contributed by atoms with Crippen LogP contribution in [0.25, 0.3) is 0 Å². The number of carbonyl (C=O) groups is 2. The third kappa shape index (κ3) is 3.76. The highest BCUT2D eigenvalue weighted by Crippen LogP contribution is 2.28. The molecule has 2 rings (SSSR count). The van der Waals surface area contributed by atoms with Crippen LogP contribution in [0.15, 0.2) is 5.38 Å². The number of aromatic nitrogens is 1. The van der Waals surface area contributed by atoms with Gasteiger partial charge in [-0.25, -0.2) is 9.78 Å². The molecule has 0 radical (unpaired) electrons. The molecule has 5 nitrogen and oxygen atoms in total. The number of carbonyl (C=O) groups excluding carboxylic acids is 1. The number of thiazole rings is 1. The number of hydrogen-bond donors (Lipinski definition) is 2. The van der Waals surface area contributed by atoms with E-state index in [1.807, 2.05) is 0 Å². The van der Waals surface area contributed by atoms with E-state index in [0.29, 0.717) is 17.5 Å². The smallest absolute Gasteiger partial charge is 0.355 e. The molecule has 2 unspecified atom stereocenters. The summed E-state index contributed by atoms with van der Waals surface area (Å²) in [6.45, 7) is 2.50. The Morgan fingerprint density at radius 3 is 2.95 bits per heavy atom. The lowest BCUT2D eigenvalue weighted by atomic mass is 9.82. The van der Waals surface area contributed by atoms with E-state index in [1.165, 1.54) is 23.1 Å². The SMILES string of the molecule is CC1CCCC(C(=O)NCc2nc(C(=O)O)cs2)C1. The fourth-order valence-corrected chi connectivity index (χ4v) is 3.18. The first-order valence-corrected chi connectivity index (χ1v) is 7.39. The van der Waals surface area contributed by atoms with Gasteiger partial charge in [0.15, 0.2) is 5.69 Å². The number of amides is 1. The maximum atomic E-state index is 12.0. The standard InChI is InChI=1S/C13H18N2O3S/c1-8-3-2-4-9(5-8)12(16)14-6-11-15-10(7-19-11)13(17)18/h7-9H,2-6H2,1H3,(H,14,16)(H,17,18). The van der Waals surface area contributed by atoms with Crippen molar-refractivity contribution in [2.45, 2.75) is 39.2 Å². The third-order valence-electron chi connectivity index (χ3n) is 3.49. The summed E-state index contributed by atoms with van der Waals surface area (Å²) in [7, 11) is 0. The summed E-state index contributed by atoms with van der Waals surface area (Å²) < 4.78 is 0. The molecule has 1 amide bonds. The summed E-state index contributed by atoms with van der Waals surface area (Å²) in [4.78, 5) is 26.6. The molecule has 1 saturated carbocycles. The van der Waals surface area contributed by atoms with Crippen molar-refractivity contribution in [1.82, 2.24) is 10.3 Å². The Hall–Kier alpha value is -1.43. The molecule has 0 aromatic carbocycles. The average molecular weight is 282 g/mol. The van der Waals surface area contributed by atoms with Crippen LogP contribution >= 0.6 is 11.3 Å². The highest BCUT2D eigenvalue weighted by atomic mass is 32.1. The summed E-state index contributed by atoms with van der Waals surface area (Å²) >= 11 is 1.26. The number of nitrogens with one attached hydrogen (secondary N) is 1. The van der Waals surface area contributed by atoms with Crippen molar-refractivity contribution in [2.75, 3.05) is 0 Å². The van der Waals surface area contributed by atoms with E-state index in [2.05, 4.69) is 17.2 Å². The van der Waals surface area contributed by atoms with Gasteiger partial charge in [0.1, 0.15) is 5.01 Å². The molecule has 19 heavy (non-hydrogen) atoms. The Morgan fingerprint density at radius 1 is 1.53 bits per heavy atom. The largest absolute Gasteiger partial charge is 0.476 e. The fraction of sp³-hybridized carbons (Fsp3) is 0.615. The van der Waals surface area contributed by atoms with Crippen molar-refractivity contribution in [3.63, 3.8) is 0 Å². The van der Waals surface area contributed by atoms with E-state index in [-0.39, 0.29) is 17.5 Å². The molecule has 1 heterocycles. The zero-order chi connectivity index (χ0) is 13.8. The summed E-state index contributed by atoms with van der Waals surface area (Å²) in [6, 6.07) is 0. The van der Waals surface area contributed by atoms with Gasteiger partial charge in [0, 0.05) is 11.3 Å². The molecule has 0 spiro atoms. The third-order valence-corrected chi connectivity index (χ3v) is 4.34. The first kappa shape index (κ1) is 14.0. The minimum absolute atomic E-state index is 0.0422. The Bertz CT molecular complexity index is 472. The second-order valence-corrected chi connectivity index (χ2v) is 6.06. The van der Waals surface area contributed by atoms with E-state index in [9.17, 15) is 9.59 Å². The molecule has 0 aliphatic heterocycles. The van der Waals surface area contributed by atoms with Gasteiger partial charge in [-0.1, -0.05) is 19.8 Å². The van der Waals surface area contributed by atoms with E-state index in [0.717, 1.165) is 19.3 Å². The minimum Gasteiger partial charge on any atom is -0.476 e. The number of carboxylic acid groups (broad SMARTS) is 1. The van der Waals surface area contributed by atoms with Crippen LogP contribution in [0.1, 0.15) is 48.1 Å². The highest BCUT2D eigenvalue weighted by molar-refractivity contribution is 7.09. The van der Waals surface area contributed by atoms with Crippen molar-refractivity contribution in [3.8, 4) is 0 Å². The number of nitrogens with zero attached hydrogens (tertiary/aromatic N) is 1. The normalized spacial score (nSPS) is 23.0. The van der Waals surface area contributed by atoms with Gasteiger partial charge >= 0.3 is 5.97 Å². The number of rotatable bonds is 4. The predicted octanol–water partition coefficient (Wildman–Crippen LogP) is 2.28. The maximum Gasteiger partial charge on any atom is 0.355 e. The molecule has 1 aliphatic rings. The van der Waals surface area contributed by atoms with Gasteiger partial charge in [-0.2, -0.15) is 0 Å². The van der Waals surface area contributed by atoms with Crippen LogP contribution in [0.2, 0.25) is 0 Å². The van der Waals surface area contributed by atoms with Crippen molar-refractivity contribution >= 4 is 23.2 Å². The van der Waals surface area contributed by atoms with Crippen molar-refractivity contribution in [2.24, 2.45) is 11.8 Å². The van der Waals surface area contributed by atoms with Gasteiger partial charge in [0.05, 0.1) is 6.54 Å². The summed E-state index contributed by atoms with van der Waals surface area (Å²) in [6.07, 6.45) is 4.22. The quantitative estimate of drug-likeness (QED) is 0.888. The van der Waals surface area contributed by atoms with Crippen molar-refractivity contribution in [1.29, 1.82) is 0 Å². The van der Waals surface area contributed by atoms with Crippen LogP contribution in [0.3, 0.4) is 0 Å². The molecule has 2 atom stereocenters. The molecule has 104 valence electrons. The summed E-state index contributed by atoms with van der Waals surface area (Å²) in [5, 5.41) is 13.7. The first-order chi connectivity index (χ1) is 9.06. The van der Waals surface area contributed by atoms with Crippen molar-refractivity contribution < 1.29 is 14.7 Å². The highest BCUT2D eigenvalue weighted by Gasteiger charge is 2.24. The molecule has 1 aliphatic carbocycles. The number of aromatic carboxylic acids is 1.